The number of aromatic nitrogens is 6. The molecule has 0 aliphatic carbocycles. The Morgan fingerprint density at radius 1 is 0.260 bits per heavy atom. The van der Waals surface area contributed by atoms with Crippen molar-refractivity contribution in [1.29, 1.82) is 0 Å². The van der Waals surface area contributed by atoms with Gasteiger partial charge in [-0.05, 0) is 173 Å². The number of hydrogen-bond donors (Lipinski definition) is 0. The summed E-state index contributed by atoms with van der Waals surface area (Å²) in [5.74, 6) is 2.93. The lowest BCUT2D eigenvalue weighted by molar-refractivity contribution is 0.00578. The number of benzene rings is 16. The van der Waals surface area contributed by atoms with Gasteiger partial charge in [0.15, 0.2) is 29.1 Å². The first-order valence-electron chi connectivity index (χ1n) is 34.9. The number of halogens is 1. The van der Waals surface area contributed by atoms with E-state index in [-0.39, 0.29) is 23.6 Å². The number of rotatable bonds is 6. The molecule has 0 bridgehead atoms. The molecule has 16 aromatic carbocycles. The quantitative estimate of drug-likeness (QED) is 0.117. The molecular formula is C92H62BClN6O4. The second kappa shape index (κ2) is 24.9. The Morgan fingerprint density at radius 3 is 1.10 bits per heavy atom. The highest BCUT2D eigenvalue weighted by atomic mass is 35.5. The Hall–Kier alpha value is -12.5. The summed E-state index contributed by atoms with van der Waals surface area (Å²) in [4.78, 5) is 29.0. The molecule has 0 spiro atoms. The molecule has 20 aromatic rings. The average molecular weight is 1360 g/mol. The van der Waals surface area contributed by atoms with E-state index >= 15 is 0 Å². The SMILES string of the molecule is CC1(C)OB(c2ccc3ccc4c5ccccc5ccc4c3c2)OC1(C)C.Clc1nc(-c2ccc3ccccc3c2)nc(-c2cccc3oc4ccccc4c23)n1.c1ccc2cc(-c3nc(-c4ccc5ccc6c7ccccc7ccc6c5c4)nc(-c4cccc5oc6ccccc6c45)n3)ccc2c1. The zero-order valence-corrected chi connectivity index (χ0v) is 57.9. The fourth-order valence-corrected chi connectivity index (χ4v) is 15.0. The van der Waals surface area contributed by atoms with E-state index in [1.165, 1.54) is 70.0 Å². The molecule has 0 saturated carbocycles. The van der Waals surface area contributed by atoms with E-state index in [2.05, 4.69) is 250 Å². The molecular weight excluding hydrogens is 1300 g/mol. The summed E-state index contributed by atoms with van der Waals surface area (Å²) in [6, 6.07) is 105. The monoisotopic (exact) mass is 1360 g/mol. The van der Waals surface area contributed by atoms with Crippen molar-refractivity contribution < 1.29 is 18.1 Å². The lowest BCUT2D eigenvalue weighted by atomic mass is 9.78. The van der Waals surface area contributed by atoms with Crippen LogP contribution in [0.1, 0.15) is 27.7 Å². The number of para-hydroxylation sites is 2. The van der Waals surface area contributed by atoms with E-state index in [0.717, 1.165) is 93.3 Å². The van der Waals surface area contributed by atoms with Gasteiger partial charge in [0, 0.05) is 49.4 Å². The molecule has 5 heterocycles. The van der Waals surface area contributed by atoms with E-state index < -0.39 is 0 Å². The maximum atomic E-state index is 6.33. The molecule has 10 nitrogen and oxygen atoms in total. The topological polar surface area (TPSA) is 122 Å². The Balaban J connectivity index is 0.000000113. The summed E-state index contributed by atoms with van der Waals surface area (Å²) in [5.41, 5.74) is 8.22. The summed E-state index contributed by atoms with van der Waals surface area (Å²) >= 11 is 6.33. The van der Waals surface area contributed by atoms with Crippen LogP contribution in [0.3, 0.4) is 0 Å². The van der Waals surface area contributed by atoms with Crippen molar-refractivity contribution in [3.8, 4) is 56.9 Å². The number of fused-ring (bicyclic) bond motifs is 18. The number of furan rings is 2. The first-order chi connectivity index (χ1) is 50.9. The summed E-state index contributed by atoms with van der Waals surface area (Å²) in [6.45, 7) is 8.37. The van der Waals surface area contributed by atoms with E-state index in [9.17, 15) is 0 Å². The summed E-state index contributed by atoms with van der Waals surface area (Å²) in [5, 5.41) is 23.7. The first kappa shape index (κ1) is 62.5. The Labute approximate surface area is 603 Å². The van der Waals surface area contributed by atoms with Gasteiger partial charge in [-0.1, -0.05) is 261 Å². The molecule has 1 fully saturated rings. The third-order valence-corrected chi connectivity index (χ3v) is 21.0. The predicted octanol–water partition coefficient (Wildman–Crippen LogP) is 23.7. The summed E-state index contributed by atoms with van der Waals surface area (Å²) in [7, 11) is -0.338. The van der Waals surface area contributed by atoms with Gasteiger partial charge >= 0.3 is 7.12 Å². The van der Waals surface area contributed by atoms with Gasteiger partial charge in [-0.3, -0.25) is 0 Å². The first-order valence-corrected chi connectivity index (χ1v) is 35.3. The van der Waals surface area contributed by atoms with Crippen molar-refractivity contribution >= 4 is 154 Å². The average Bonchev–Trinajstić information content (AvgIpc) is 1.25. The van der Waals surface area contributed by atoms with E-state index in [1.54, 1.807) is 0 Å². The van der Waals surface area contributed by atoms with Gasteiger partial charge in [-0.25, -0.2) is 19.9 Å². The van der Waals surface area contributed by atoms with Crippen LogP contribution in [-0.4, -0.2) is 48.2 Å². The molecule has 104 heavy (non-hydrogen) atoms. The van der Waals surface area contributed by atoms with Crippen molar-refractivity contribution in [3.05, 3.63) is 309 Å². The van der Waals surface area contributed by atoms with Gasteiger partial charge in [0.1, 0.15) is 22.3 Å². The fraction of sp³-hybridized carbons (Fsp3) is 0.0652. The minimum atomic E-state index is -0.338. The molecule has 0 amide bonds. The second-order valence-corrected chi connectivity index (χ2v) is 28.0. The normalized spacial score (nSPS) is 13.5. The van der Waals surface area contributed by atoms with Crippen molar-refractivity contribution in [1.82, 2.24) is 29.9 Å². The van der Waals surface area contributed by atoms with Crippen LogP contribution >= 0.6 is 11.6 Å². The van der Waals surface area contributed by atoms with Gasteiger partial charge < -0.3 is 18.1 Å². The molecule has 1 aliphatic rings. The molecule has 494 valence electrons. The van der Waals surface area contributed by atoms with Crippen molar-refractivity contribution in [3.63, 3.8) is 0 Å². The van der Waals surface area contributed by atoms with Crippen LogP contribution in [0.5, 0.6) is 0 Å². The minimum absolute atomic E-state index is 0.160. The molecule has 1 saturated heterocycles. The second-order valence-electron chi connectivity index (χ2n) is 27.6. The minimum Gasteiger partial charge on any atom is -0.456 e. The van der Waals surface area contributed by atoms with Crippen LogP contribution < -0.4 is 5.46 Å². The van der Waals surface area contributed by atoms with Gasteiger partial charge in [-0.15, -0.1) is 0 Å². The van der Waals surface area contributed by atoms with Crippen molar-refractivity contribution in [2.24, 2.45) is 0 Å². The van der Waals surface area contributed by atoms with Gasteiger partial charge in [0.2, 0.25) is 5.28 Å². The Kier molecular flexibility index (Phi) is 15.0. The maximum Gasteiger partial charge on any atom is 0.494 e. The lowest BCUT2D eigenvalue weighted by Crippen LogP contribution is -2.41. The Bertz CT molecular complexity index is 6870. The number of nitrogens with zero attached hydrogens (tertiary/aromatic N) is 6. The molecule has 0 unspecified atom stereocenters. The molecule has 4 aromatic heterocycles. The third kappa shape index (κ3) is 11.0. The molecule has 1 aliphatic heterocycles. The van der Waals surface area contributed by atoms with Crippen LogP contribution in [-0.2, 0) is 9.31 Å². The Morgan fingerprint density at radius 2 is 0.596 bits per heavy atom. The zero-order chi connectivity index (χ0) is 69.8. The number of hydrogen-bond acceptors (Lipinski definition) is 10. The molecule has 12 heteroatoms. The molecule has 0 atom stereocenters. The molecule has 0 N–H and O–H groups in total. The lowest BCUT2D eigenvalue weighted by Gasteiger charge is -2.32. The smallest absolute Gasteiger partial charge is 0.456 e. The maximum absolute atomic E-state index is 6.33. The highest BCUT2D eigenvalue weighted by Gasteiger charge is 2.51. The van der Waals surface area contributed by atoms with Gasteiger partial charge in [-0.2, -0.15) is 9.97 Å². The van der Waals surface area contributed by atoms with E-state index in [0.29, 0.717) is 29.1 Å². The predicted molar refractivity (Wildman–Crippen MR) is 429 cm³/mol. The zero-order valence-electron chi connectivity index (χ0n) is 57.1. The fourth-order valence-electron chi connectivity index (χ4n) is 14.9. The summed E-state index contributed by atoms with van der Waals surface area (Å²) < 4.78 is 24.8. The highest BCUT2D eigenvalue weighted by molar-refractivity contribution is 6.62. The third-order valence-electron chi connectivity index (χ3n) is 20.8. The van der Waals surface area contributed by atoms with Crippen LogP contribution in [0.4, 0.5) is 0 Å². The van der Waals surface area contributed by atoms with E-state index in [1.807, 2.05) is 91.0 Å². The van der Waals surface area contributed by atoms with Crippen LogP contribution in [0.2, 0.25) is 5.28 Å². The van der Waals surface area contributed by atoms with Crippen molar-refractivity contribution in [2.75, 3.05) is 0 Å². The molecule has 21 rings (SSSR count). The van der Waals surface area contributed by atoms with Crippen LogP contribution in [0, 0.1) is 0 Å². The summed E-state index contributed by atoms with van der Waals surface area (Å²) in [6.07, 6.45) is 0. The van der Waals surface area contributed by atoms with Gasteiger partial charge in [0.25, 0.3) is 0 Å². The van der Waals surface area contributed by atoms with Gasteiger partial charge in [0.05, 0.1) is 11.2 Å². The van der Waals surface area contributed by atoms with Crippen LogP contribution in [0.15, 0.2) is 312 Å². The molecule has 0 radical (unpaired) electrons. The largest absolute Gasteiger partial charge is 0.494 e. The van der Waals surface area contributed by atoms with Crippen LogP contribution in [0.25, 0.3) is 187 Å². The van der Waals surface area contributed by atoms with Crippen molar-refractivity contribution in [2.45, 2.75) is 38.9 Å². The van der Waals surface area contributed by atoms with E-state index in [4.69, 9.17) is 49.7 Å². The highest BCUT2D eigenvalue weighted by Crippen LogP contribution is 2.42. The standard InChI is InChI=1S/C43H25N3O.C25H14ClN3O.C24H23BO2/c1-2-10-29-24-30(18-16-26(29)8-1)41-44-42(46-43(45-41)36-13-7-15-39-40(36)35-12-5-6-14-38(35)47-39)31-19-17-28-21-22-33-32-11-4-3-9-27(32)20-23-34(33)37(28)25-31;26-25-28-23(17-13-12-15-6-1-2-7-16(15)14-17)27-24(29-25)19-9-5-11-21-22(19)18-8-3-4-10-20(18)30-21;1-23(2)24(3,4)27-25(26-23)18-12-9-17-11-13-20-19-8-6-5-7-16(19)10-14-21(20)22(17)15-18/h1-25H;1-14H;5-15H,1-4H3.